The lowest BCUT2D eigenvalue weighted by Crippen LogP contribution is -2.50. The third-order valence-electron chi connectivity index (χ3n) is 3.70. The fraction of sp³-hybridized carbons (Fsp3) is 0.588. The molecule has 1 N–H and O–H groups in total. The van der Waals surface area contributed by atoms with Gasteiger partial charge in [-0.25, -0.2) is 4.79 Å². The zero-order chi connectivity index (χ0) is 16.3. The highest BCUT2D eigenvalue weighted by Crippen LogP contribution is 2.24. The zero-order valence-corrected chi connectivity index (χ0v) is 14.1. The maximum absolute atomic E-state index is 12.4. The number of hydrogen-bond acceptors (Lipinski definition) is 3. The van der Waals surface area contributed by atoms with E-state index in [-0.39, 0.29) is 18.2 Å². The summed E-state index contributed by atoms with van der Waals surface area (Å²) in [6, 6.07) is 7.54. The summed E-state index contributed by atoms with van der Waals surface area (Å²) in [5.74, 6) is 0. The molecular formula is C17H24ClNO3. The zero-order valence-electron chi connectivity index (χ0n) is 13.4. The highest BCUT2D eigenvalue weighted by molar-refractivity contribution is 6.30. The molecule has 0 bridgehead atoms. The largest absolute Gasteiger partial charge is 0.444 e. The Morgan fingerprint density at radius 1 is 1.36 bits per heavy atom. The van der Waals surface area contributed by atoms with E-state index in [1.807, 2.05) is 45.0 Å². The lowest BCUT2D eigenvalue weighted by molar-refractivity contribution is -0.00767. The maximum atomic E-state index is 12.4. The van der Waals surface area contributed by atoms with Gasteiger partial charge in [0.25, 0.3) is 0 Å². The highest BCUT2D eigenvalue weighted by Gasteiger charge is 2.33. The Kier molecular flexibility index (Phi) is 5.35. The Morgan fingerprint density at radius 3 is 2.59 bits per heavy atom. The van der Waals surface area contributed by atoms with Gasteiger partial charge in [-0.15, -0.1) is 0 Å². The van der Waals surface area contributed by atoms with Crippen LogP contribution in [0.25, 0.3) is 0 Å². The van der Waals surface area contributed by atoms with E-state index in [4.69, 9.17) is 16.3 Å². The first-order valence-electron chi connectivity index (χ1n) is 7.67. The van der Waals surface area contributed by atoms with Crippen LogP contribution in [0.4, 0.5) is 4.79 Å². The number of nitrogens with zero attached hydrogens (tertiary/aromatic N) is 1. The number of benzene rings is 1. The van der Waals surface area contributed by atoms with Gasteiger partial charge in [-0.2, -0.15) is 0 Å². The number of likely N-dealkylation sites (tertiary alicyclic amines) is 1. The molecule has 122 valence electrons. The van der Waals surface area contributed by atoms with Crippen molar-refractivity contribution >= 4 is 17.7 Å². The van der Waals surface area contributed by atoms with Crippen LogP contribution in [0.1, 0.15) is 39.2 Å². The van der Waals surface area contributed by atoms with E-state index >= 15 is 0 Å². The van der Waals surface area contributed by atoms with Crippen LogP contribution in [-0.2, 0) is 11.2 Å². The number of ether oxygens (including phenoxy) is 1. The quantitative estimate of drug-likeness (QED) is 0.903. The van der Waals surface area contributed by atoms with E-state index < -0.39 is 5.60 Å². The summed E-state index contributed by atoms with van der Waals surface area (Å²) >= 11 is 5.90. The molecule has 1 fully saturated rings. The average Bonchev–Trinajstić information content (AvgIpc) is 2.39. The molecule has 0 spiro atoms. The molecule has 0 aliphatic carbocycles. The average molecular weight is 326 g/mol. The van der Waals surface area contributed by atoms with Crippen molar-refractivity contribution < 1.29 is 14.6 Å². The minimum atomic E-state index is -0.516. The van der Waals surface area contributed by atoms with Crippen molar-refractivity contribution in [2.24, 2.45) is 0 Å². The molecule has 4 nitrogen and oxygen atoms in total. The molecule has 0 radical (unpaired) electrons. The molecule has 0 saturated carbocycles. The molecule has 2 rings (SSSR count). The molecule has 1 aromatic rings. The van der Waals surface area contributed by atoms with Gasteiger partial charge in [0.1, 0.15) is 5.60 Å². The van der Waals surface area contributed by atoms with Crippen LogP contribution in [0, 0.1) is 0 Å². The number of carbonyl (C=O) groups excluding carboxylic acids is 1. The minimum Gasteiger partial charge on any atom is -0.444 e. The van der Waals surface area contributed by atoms with Crippen LogP contribution in [-0.4, -0.2) is 40.4 Å². The first-order valence-corrected chi connectivity index (χ1v) is 8.04. The normalized spacial score (nSPS) is 22.5. The molecule has 1 aliphatic heterocycles. The second kappa shape index (κ2) is 6.88. The van der Waals surface area contributed by atoms with E-state index in [1.165, 1.54) is 0 Å². The van der Waals surface area contributed by atoms with Crippen molar-refractivity contribution in [3.8, 4) is 0 Å². The minimum absolute atomic E-state index is 0.0558. The SMILES string of the molecule is CC(C)(C)OC(=O)N1CC[C@@H](O)C[C@@H]1Cc1ccc(Cl)cc1. The van der Waals surface area contributed by atoms with E-state index in [1.54, 1.807) is 4.90 Å². The maximum Gasteiger partial charge on any atom is 0.410 e. The predicted octanol–water partition coefficient (Wildman–Crippen LogP) is 3.64. The first kappa shape index (κ1) is 17.1. The molecule has 1 saturated heterocycles. The Hall–Kier alpha value is -1.26. The summed E-state index contributed by atoms with van der Waals surface area (Å²) in [7, 11) is 0. The Bertz CT molecular complexity index is 510. The summed E-state index contributed by atoms with van der Waals surface area (Å²) < 4.78 is 5.48. The number of halogens is 1. The third kappa shape index (κ3) is 4.89. The monoisotopic (exact) mass is 325 g/mol. The summed E-state index contributed by atoms with van der Waals surface area (Å²) in [4.78, 5) is 14.1. The van der Waals surface area contributed by atoms with E-state index in [9.17, 15) is 9.90 Å². The number of rotatable bonds is 2. The molecule has 5 heteroatoms. The predicted molar refractivity (Wildman–Crippen MR) is 87.1 cm³/mol. The van der Waals surface area contributed by atoms with Gasteiger partial charge in [-0.3, -0.25) is 0 Å². The topological polar surface area (TPSA) is 49.8 Å². The Balaban J connectivity index is 2.09. The van der Waals surface area contributed by atoms with Crippen molar-refractivity contribution in [3.05, 3.63) is 34.9 Å². The van der Waals surface area contributed by atoms with E-state index in [0.717, 1.165) is 5.56 Å². The summed E-state index contributed by atoms with van der Waals surface area (Å²) in [5, 5.41) is 10.6. The molecular weight excluding hydrogens is 302 g/mol. The van der Waals surface area contributed by atoms with Crippen molar-refractivity contribution in [1.29, 1.82) is 0 Å². The van der Waals surface area contributed by atoms with Crippen LogP contribution in [0.3, 0.4) is 0 Å². The van der Waals surface area contributed by atoms with Crippen molar-refractivity contribution in [3.63, 3.8) is 0 Å². The molecule has 2 atom stereocenters. The summed E-state index contributed by atoms with van der Waals surface area (Å²) in [6.45, 7) is 6.10. The molecule has 1 amide bonds. The summed E-state index contributed by atoms with van der Waals surface area (Å²) in [5.41, 5.74) is 0.579. The smallest absolute Gasteiger partial charge is 0.410 e. The van der Waals surface area contributed by atoms with Crippen LogP contribution < -0.4 is 0 Å². The molecule has 1 heterocycles. The van der Waals surface area contributed by atoms with Gasteiger partial charge in [0, 0.05) is 17.6 Å². The van der Waals surface area contributed by atoms with Gasteiger partial charge in [0.2, 0.25) is 0 Å². The molecule has 1 aromatic carbocycles. The lowest BCUT2D eigenvalue weighted by Gasteiger charge is -2.38. The molecule has 0 unspecified atom stereocenters. The molecule has 1 aliphatic rings. The van der Waals surface area contributed by atoms with Gasteiger partial charge in [-0.05, 0) is 57.7 Å². The van der Waals surface area contributed by atoms with Gasteiger partial charge >= 0.3 is 6.09 Å². The molecule has 22 heavy (non-hydrogen) atoms. The van der Waals surface area contributed by atoms with Gasteiger partial charge in [0.05, 0.1) is 6.10 Å². The van der Waals surface area contributed by atoms with Crippen molar-refractivity contribution in [2.45, 2.75) is 57.8 Å². The van der Waals surface area contributed by atoms with Crippen LogP contribution in [0.2, 0.25) is 5.02 Å². The van der Waals surface area contributed by atoms with Gasteiger partial charge < -0.3 is 14.7 Å². The second-order valence-electron chi connectivity index (χ2n) is 6.84. The van der Waals surface area contributed by atoms with Crippen molar-refractivity contribution in [2.75, 3.05) is 6.54 Å². The van der Waals surface area contributed by atoms with Crippen LogP contribution in [0.5, 0.6) is 0 Å². The fourth-order valence-corrected chi connectivity index (χ4v) is 2.80. The van der Waals surface area contributed by atoms with Crippen molar-refractivity contribution in [1.82, 2.24) is 4.90 Å². The van der Waals surface area contributed by atoms with E-state index in [2.05, 4.69) is 0 Å². The van der Waals surface area contributed by atoms with Gasteiger partial charge in [-0.1, -0.05) is 23.7 Å². The Morgan fingerprint density at radius 2 is 2.00 bits per heavy atom. The van der Waals surface area contributed by atoms with Crippen LogP contribution >= 0.6 is 11.6 Å². The summed E-state index contributed by atoms with van der Waals surface area (Å²) in [6.07, 6.45) is 1.18. The van der Waals surface area contributed by atoms with E-state index in [0.29, 0.717) is 30.8 Å². The number of carbonyl (C=O) groups is 1. The number of piperidine rings is 1. The number of hydrogen-bond donors (Lipinski definition) is 1. The number of amides is 1. The Labute approximate surface area is 137 Å². The number of aliphatic hydroxyl groups is 1. The fourth-order valence-electron chi connectivity index (χ4n) is 2.68. The lowest BCUT2D eigenvalue weighted by atomic mass is 9.94. The third-order valence-corrected chi connectivity index (χ3v) is 3.95. The molecule has 0 aromatic heterocycles. The first-order chi connectivity index (χ1) is 10.2. The van der Waals surface area contributed by atoms with Crippen LogP contribution in [0.15, 0.2) is 24.3 Å². The highest BCUT2D eigenvalue weighted by atomic mass is 35.5. The standard InChI is InChI=1S/C17H24ClNO3/c1-17(2,3)22-16(21)19-9-8-15(20)11-14(19)10-12-4-6-13(18)7-5-12/h4-7,14-15,20H,8-11H2,1-3H3/t14-,15+/m0/s1. The second-order valence-corrected chi connectivity index (χ2v) is 7.27. The number of aliphatic hydroxyl groups excluding tert-OH is 1. The van der Waals surface area contributed by atoms with Gasteiger partial charge in [0.15, 0.2) is 0 Å².